The molecule has 6 nitrogen and oxygen atoms in total. The van der Waals surface area contributed by atoms with Crippen LogP contribution in [0.25, 0.3) is 66.5 Å². The minimum Gasteiger partial charge on any atom is -0.457 e. The van der Waals surface area contributed by atoms with E-state index in [2.05, 4.69) is 255 Å². The molecule has 0 spiro atoms. The van der Waals surface area contributed by atoms with Crippen molar-refractivity contribution in [2.24, 2.45) is 0 Å². The number of rotatable bonds is 8. The lowest BCUT2D eigenvalue weighted by molar-refractivity contribution is 0.483. The third-order valence-corrected chi connectivity index (χ3v) is 13.8. The van der Waals surface area contributed by atoms with E-state index >= 15 is 0 Å². The van der Waals surface area contributed by atoms with Gasteiger partial charge in [0.25, 0.3) is 0 Å². The zero-order chi connectivity index (χ0) is 47.0. The summed E-state index contributed by atoms with van der Waals surface area (Å²) in [5.41, 5.74) is 17.4. The van der Waals surface area contributed by atoms with E-state index in [4.69, 9.17) is 9.72 Å². The third-order valence-electron chi connectivity index (χ3n) is 13.8. The number of aromatic nitrogens is 3. The molecule has 3 aromatic heterocycles. The van der Waals surface area contributed by atoms with Crippen LogP contribution in [0.1, 0.15) is 54.2 Å². The van der Waals surface area contributed by atoms with E-state index < -0.39 is 0 Å². The predicted octanol–water partition coefficient (Wildman–Crippen LogP) is 16.1. The van der Waals surface area contributed by atoms with Gasteiger partial charge >= 0.3 is 0 Å². The molecule has 12 rings (SSSR count). The second-order valence-corrected chi connectivity index (χ2v) is 19.5. The molecule has 0 fully saturated rings. The lowest BCUT2D eigenvalue weighted by Gasteiger charge is -2.28. The second-order valence-electron chi connectivity index (χ2n) is 19.5. The van der Waals surface area contributed by atoms with Gasteiger partial charge in [-0.1, -0.05) is 142 Å². The Labute approximate surface area is 403 Å². The number of aryl methyl sites for hydroxylation is 3. The first-order valence-corrected chi connectivity index (χ1v) is 23.9. The number of pyridine rings is 1. The maximum absolute atomic E-state index is 6.99. The Morgan fingerprint density at radius 3 is 1.72 bits per heavy atom. The first-order valence-electron chi connectivity index (χ1n) is 23.9. The summed E-state index contributed by atoms with van der Waals surface area (Å²) < 4.78 is 11.7. The highest BCUT2D eigenvalue weighted by Gasteiger charge is 2.34. The van der Waals surface area contributed by atoms with Crippen molar-refractivity contribution in [1.82, 2.24) is 14.1 Å². The molecule has 69 heavy (non-hydrogen) atoms. The molecular formula is C63H53N5O. The number of ether oxygens (including phenoxy) is 1. The molecular weight excluding hydrogens is 843 g/mol. The molecule has 0 saturated carbocycles. The summed E-state index contributed by atoms with van der Waals surface area (Å²) in [4.78, 5) is 10.0. The van der Waals surface area contributed by atoms with Crippen LogP contribution in [0, 0.1) is 20.8 Å². The van der Waals surface area contributed by atoms with Crippen LogP contribution in [0.2, 0.25) is 0 Å². The molecule has 0 aliphatic carbocycles. The lowest BCUT2D eigenvalue weighted by Crippen LogP contribution is -2.28. The Morgan fingerprint density at radius 2 is 1.04 bits per heavy atom. The first kappa shape index (κ1) is 42.0. The van der Waals surface area contributed by atoms with Gasteiger partial charge in [0.2, 0.25) is 0 Å². The van der Waals surface area contributed by atoms with Crippen LogP contribution in [0.4, 0.5) is 11.4 Å². The van der Waals surface area contributed by atoms with Crippen molar-refractivity contribution in [3.63, 3.8) is 0 Å². The van der Waals surface area contributed by atoms with E-state index in [1.807, 2.05) is 6.20 Å². The Kier molecular flexibility index (Phi) is 10.0. The maximum atomic E-state index is 6.99. The molecule has 0 bridgehead atoms. The average molecular weight is 896 g/mol. The number of hydrogen-bond acceptors (Lipinski definition) is 4. The average Bonchev–Trinajstić information content (AvgIpc) is 4.02. The zero-order valence-electron chi connectivity index (χ0n) is 39.9. The SMILES string of the molecule is Cc1cc(C)c(N2CN(c3cccc(Oc4ccc5c6c7c8ccccc8n(-c8ccccc8)c7ccc6n(-c6cc(C(C)(C)C)ccn6)c5c4)c3)C(c3ccccc3)=C2c2ccccc2)c(C)c1. The van der Waals surface area contributed by atoms with E-state index in [9.17, 15) is 0 Å². The van der Waals surface area contributed by atoms with Crippen LogP contribution >= 0.6 is 0 Å². The molecule has 0 radical (unpaired) electrons. The van der Waals surface area contributed by atoms with Gasteiger partial charge in [0.05, 0.1) is 33.5 Å². The standard InChI is InChI=1S/C63H53N5O/c1-41-35-42(2)60(43(3)36-41)66-40-65(61(44-19-10-7-11-20-44)62(66)45-21-12-8-13-22-45)48-25-18-26-49(38-48)69-50-29-30-52-56(39-50)68(57-37-46(33-34-64-57)63(4,5)6)55-32-31-54-58(59(52)55)51-27-16-17-28-53(51)67(54)47-23-14-9-15-24-47/h7-39H,40H2,1-6H3. The normalized spacial score (nSPS) is 13.2. The molecule has 1 aliphatic heterocycles. The molecule has 6 heteroatoms. The molecule has 1 aliphatic rings. The Morgan fingerprint density at radius 1 is 0.464 bits per heavy atom. The largest absolute Gasteiger partial charge is 0.457 e. The zero-order valence-corrected chi connectivity index (χ0v) is 39.9. The van der Waals surface area contributed by atoms with Gasteiger partial charge in [-0.3, -0.25) is 4.57 Å². The van der Waals surface area contributed by atoms with Gasteiger partial charge in [-0.15, -0.1) is 0 Å². The van der Waals surface area contributed by atoms with Crippen molar-refractivity contribution in [2.75, 3.05) is 16.5 Å². The predicted molar refractivity (Wildman–Crippen MR) is 288 cm³/mol. The van der Waals surface area contributed by atoms with E-state index in [0.717, 1.165) is 61.9 Å². The summed E-state index contributed by atoms with van der Waals surface area (Å²) in [6.45, 7) is 14.0. The van der Waals surface area contributed by atoms with Crippen LogP contribution < -0.4 is 14.5 Å². The van der Waals surface area contributed by atoms with Gasteiger partial charge in [-0.2, -0.15) is 0 Å². The first-order chi connectivity index (χ1) is 33.6. The lowest BCUT2D eigenvalue weighted by atomic mass is 9.88. The molecule has 8 aromatic carbocycles. The number of anilines is 2. The van der Waals surface area contributed by atoms with Gasteiger partial charge in [-0.05, 0) is 110 Å². The molecule has 4 heterocycles. The van der Waals surface area contributed by atoms with E-state index in [1.165, 1.54) is 60.9 Å². The summed E-state index contributed by atoms with van der Waals surface area (Å²) in [6.07, 6.45) is 1.95. The topological polar surface area (TPSA) is 38.5 Å². The monoisotopic (exact) mass is 895 g/mol. The molecule has 0 saturated heterocycles. The fourth-order valence-corrected chi connectivity index (χ4v) is 10.9. The van der Waals surface area contributed by atoms with E-state index in [1.54, 1.807) is 0 Å². The molecule has 0 N–H and O–H groups in total. The van der Waals surface area contributed by atoms with Gasteiger partial charge in [0, 0.05) is 68.1 Å². The van der Waals surface area contributed by atoms with Crippen LogP contribution in [-0.4, -0.2) is 20.8 Å². The Balaban J connectivity index is 1.02. The van der Waals surface area contributed by atoms with E-state index in [-0.39, 0.29) is 5.41 Å². The maximum Gasteiger partial charge on any atom is 0.137 e. The highest BCUT2D eigenvalue weighted by Crippen LogP contribution is 2.47. The van der Waals surface area contributed by atoms with Crippen LogP contribution in [0.3, 0.4) is 0 Å². The molecule has 336 valence electrons. The summed E-state index contributed by atoms with van der Waals surface area (Å²) in [5, 5.41) is 4.76. The molecule has 0 amide bonds. The van der Waals surface area contributed by atoms with Gasteiger partial charge in [0.1, 0.15) is 24.0 Å². The number of nitrogens with zero attached hydrogens (tertiary/aromatic N) is 5. The van der Waals surface area contributed by atoms with Gasteiger partial charge in [0.15, 0.2) is 0 Å². The summed E-state index contributed by atoms with van der Waals surface area (Å²) in [6, 6.07) is 69.6. The summed E-state index contributed by atoms with van der Waals surface area (Å²) in [7, 11) is 0. The summed E-state index contributed by atoms with van der Waals surface area (Å²) in [5.74, 6) is 2.38. The highest BCUT2D eigenvalue weighted by molar-refractivity contribution is 6.29. The van der Waals surface area contributed by atoms with Crippen molar-refractivity contribution in [3.05, 3.63) is 234 Å². The smallest absolute Gasteiger partial charge is 0.137 e. The van der Waals surface area contributed by atoms with Crippen molar-refractivity contribution >= 4 is 66.4 Å². The fourth-order valence-electron chi connectivity index (χ4n) is 10.9. The second kappa shape index (κ2) is 16.5. The summed E-state index contributed by atoms with van der Waals surface area (Å²) >= 11 is 0. The quantitative estimate of drug-likeness (QED) is 0.152. The number of para-hydroxylation sites is 2. The third kappa shape index (κ3) is 7.14. The van der Waals surface area contributed by atoms with Crippen LogP contribution in [0.15, 0.2) is 200 Å². The molecule has 0 atom stereocenters. The number of benzene rings is 8. The number of hydrogen-bond donors (Lipinski definition) is 0. The fraction of sp³-hybridized carbons (Fsp3) is 0.127. The molecule has 11 aromatic rings. The van der Waals surface area contributed by atoms with Crippen LogP contribution in [-0.2, 0) is 5.41 Å². The van der Waals surface area contributed by atoms with Crippen molar-refractivity contribution in [2.45, 2.75) is 47.0 Å². The van der Waals surface area contributed by atoms with Gasteiger partial charge in [-0.25, -0.2) is 4.98 Å². The minimum absolute atomic E-state index is 0.0618. The Hall–Kier alpha value is -8.35. The van der Waals surface area contributed by atoms with Gasteiger partial charge < -0.3 is 19.1 Å². The van der Waals surface area contributed by atoms with Crippen molar-refractivity contribution in [1.29, 1.82) is 0 Å². The van der Waals surface area contributed by atoms with Crippen molar-refractivity contribution in [3.8, 4) is 23.0 Å². The van der Waals surface area contributed by atoms with Crippen molar-refractivity contribution < 1.29 is 4.74 Å². The highest BCUT2D eigenvalue weighted by atomic mass is 16.5. The minimum atomic E-state index is -0.0618. The molecule has 0 unspecified atom stereocenters. The number of fused-ring (bicyclic) bond motifs is 7. The Bertz CT molecular complexity index is 3780. The van der Waals surface area contributed by atoms with Crippen LogP contribution in [0.5, 0.6) is 11.5 Å². The van der Waals surface area contributed by atoms with E-state index in [0.29, 0.717) is 6.67 Å².